The summed E-state index contributed by atoms with van der Waals surface area (Å²) >= 11 is 0. The van der Waals surface area contributed by atoms with Crippen LogP contribution in [0.2, 0.25) is 0 Å². The Hall–Kier alpha value is -0.390. The predicted octanol–water partition coefficient (Wildman–Crippen LogP) is 7.26. The summed E-state index contributed by atoms with van der Waals surface area (Å²) in [4.78, 5) is 0.269. The molecule has 1 radical (unpaired) electrons. The minimum Gasteiger partial charge on any atom is -0.266 e. The van der Waals surface area contributed by atoms with E-state index in [1.54, 1.807) is 12.1 Å². The zero-order valence-electron chi connectivity index (χ0n) is 19.1. The van der Waals surface area contributed by atoms with Gasteiger partial charge < -0.3 is 0 Å². The average Bonchev–Trinajstić information content (AvgIpc) is 2.73. The number of fused-ring (bicyclic) bond motifs is 1. The SMILES string of the molecule is CCCCCCCCCCCCCCCOS(=O)(=O)c1cccc2ccccc12.[Na]. The van der Waals surface area contributed by atoms with Gasteiger partial charge in [-0.1, -0.05) is 120 Å². The first-order valence-corrected chi connectivity index (χ1v) is 12.9. The molecule has 0 aliphatic rings. The topological polar surface area (TPSA) is 43.4 Å². The van der Waals surface area contributed by atoms with Gasteiger partial charge in [0.25, 0.3) is 10.1 Å². The Labute approximate surface area is 206 Å². The molecule has 0 aliphatic carbocycles. The van der Waals surface area contributed by atoms with Crippen LogP contribution in [0.3, 0.4) is 0 Å². The molecule has 0 N–H and O–H groups in total. The summed E-state index contributed by atoms with van der Waals surface area (Å²) < 4.78 is 30.4. The molecule has 5 heteroatoms. The summed E-state index contributed by atoms with van der Waals surface area (Å²) in [5.74, 6) is 0. The van der Waals surface area contributed by atoms with Crippen molar-refractivity contribution in [3.05, 3.63) is 42.5 Å². The van der Waals surface area contributed by atoms with Crippen molar-refractivity contribution in [1.29, 1.82) is 0 Å². The van der Waals surface area contributed by atoms with E-state index in [1.165, 1.54) is 64.2 Å². The number of unbranched alkanes of at least 4 members (excludes halogenated alkanes) is 12. The van der Waals surface area contributed by atoms with Crippen molar-refractivity contribution in [1.82, 2.24) is 0 Å². The van der Waals surface area contributed by atoms with Gasteiger partial charge >= 0.3 is 0 Å². The summed E-state index contributed by atoms with van der Waals surface area (Å²) in [6.45, 7) is 2.53. The fourth-order valence-corrected chi connectivity index (χ4v) is 4.93. The van der Waals surface area contributed by atoms with E-state index in [2.05, 4.69) is 6.92 Å². The Kier molecular flexibility index (Phi) is 15.0. The third-order valence-electron chi connectivity index (χ3n) is 5.51. The smallest absolute Gasteiger partial charge is 0.266 e. The summed E-state index contributed by atoms with van der Waals surface area (Å²) in [6, 6.07) is 12.8. The Morgan fingerprint density at radius 2 is 1.17 bits per heavy atom. The van der Waals surface area contributed by atoms with Crippen LogP contribution >= 0.6 is 0 Å². The van der Waals surface area contributed by atoms with Crippen LogP contribution in [0.5, 0.6) is 0 Å². The maximum absolute atomic E-state index is 12.5. The molecule has 2 aromatic rings. The van der Waals surface area contributed by atoms with Crippen LogP contribution in [0.15, 0.2) is 47.4 Å². The first-order valence-electron chi connectivity index (χ1n) is 11.5. The standard InChI is InChI=1S/C25H38O3S.Na/c1-2-3-4-5-6-7-8-9-10-11-12-13-16-22-28-29(26,27)25-21-17-19-23-18-14-15-20-24(23)25;/h14-15,17-21H,2-13,16,22H2,1H3;. The molecule has 0 unspecified atom stereocenters. The minimum atomic E-state index is -3.70. The molecule has 0 spiro atoms. The molecule has 0 aliphatic heterocycles. The van der Waals surface area contributed by atoms with Gasteiger partial charge in [0.05, 0.1) is 6.61 Å². The van der Waals surface area contributed by atoms with E-state index < -0.39 is 10.1 Å². The normalized spacial score (nSPS) is 11.5. The molecule has 0 fully saturated rings. The van der Waals surface area contributed by atoms with Gasteiger partial charge in [0, 0.05) is 34.9 Å². The maximum Gasteiger partial charge on any atom is 0.297 e. The first-order chi connectivity index (χ1) is 14.1. The Balaban J connectivity index is 0.00000450. The van der Waals surface area contributed by atoms with Gasteiger partial charge in [-0.15, -0.1) is 0 Å². The Morgan fingerprint density at radius 1 is 0.667 bits per heavy atom. The zero-order valence-corrected chi connectivity index (χ0v) is 21.9. The van der Waals surface area contributed by atoms with Gasteiger partial charge in [-0.3, -0.25) is 4.18 Å². The molecule has 0 atom stereocenters. The molecule has 0 saturated carbocycles. The van der Waals surface area contributed by atoms with Gasteiger partial charge in [0.15, 0.2) is 0 Å². The molecule has 0 aromatic heterocycles. The van der Waals surface area contributed by atoms with Crippen molar-refractivity contribution in [2.45, 2.75) is 95.3 Å². The fraction of sp³-hybridized carbons (Fsp3) is 0.600. The number of hydrogen-bond donors (Lipinski definition) is 0. The van der Waals surface area contributed by atoms with Crippen LogP contribution in [0.4, 0.5) is 0 Å². The second-order valence-electron chi connectivity index (χ2n) is 8.00. The summed E-state index contributed by atoms with van der Waals surface area (Å²) in [5, 5.41) is 1.64. The van der Waals surface area contributed by atoms with Crippen molar-refractivity contribution in [2.75, 3.05) is 6.61 Å². The average molecular weight is 442 g/mol. The van der Waals surface area contributed by atoms with Crippen LogP contribution in [0, 0.1) is 0 Å². The maximum atomic E-state index is 12.5. The van der Waals surface area contributed by atoms with Crippen LogP contribution < -0.4 is 0 Å². The van der Waals surface area contributed by atoms with Gasteiger partial charge in [-0.05, 0) is 17.9 Å². The van der Waals surface area contributed by atoms with E-state index in [4.69, 9.17) is 4.18 Å². The quantitative estimate of drug-likeness (QED) is 0.156. The molecule has 0 saturated heterocycles. The second kappa shape index (κ2) is 16.3. The molecule has 30 heavy (non-hydrogen) atoms. The van der Waals surface area contributed by atoms with E-state index in [9.17, 15) is 8.42 Å². The molecular weight excluding hydrogens is 403 g/mol. The molecule has 0 heterocycles. The third kappa shape index (κ3) is 10.3. The van der Waals surface area contributed by atoms with E-state index in [0.29, 0.717) is 0 Å². The number of hydrogen-bond acceptors (Lipinski definition) is 3. The molecule has 2 rings (SSSR count). The van der Waals surface area contributed by atoms with Crippen molar-refractivity contribution in [3.63, 3.8) is 0 Å². The van der Waals surface area contributed by atoms with Crippen molar-refractivity contribution >= 4 is 50.4 Å². The van der Waals surface area contributed by atoms with Gasteiger partial charge in [0.2, 0.25) is 0 Å². The molecule has 0 amide bonds. The van der Waals surface area contributed by atoms with Crippen LogP contribution in [-0.4, -0.2) is 44.6 Å². The van der Waals surface area contributed by atoms with E-state index in [-0.39, 0.29) is 41.1 Å². The molecule has 163 valence electrons. The summed E-state index contributed by atoms with van der Waals surface area (Å²) in [6.07, 6.45) is 16.5. The minimum absolute atomic E-state index is 0. The summed E-state index contributed by atoms with van der Waals surface area (Å²) in [5.41, 5.74) is 0. The van der Waals surface area contributed by atoms with E-state index in [1.807, 2.05) is 30.3 Å². The third-order valence-corrected chi connectivity index (χ3v) is 6.88. The molecule has 0 bridgehead atoms. The number of benzene rings is 2. The van der Waals surface area contributed by atoms with Crippen molar-refractivity contribution in [3.8, 4) is 0 Å². The fourth-order valence-electron chi connectivity index (χ4n) is 3.77. The Bertz CT molecular complexity index is 800. The number of rotatable bonds is 16. The van der Waals surface area contributed by atoms with Crippen LogP contribution in [-0.2, 0) is 14.3 Å². The van der Waals surface area contributed by atoms with E-state index >= 15 is 0 Å². The van der Waals surface area contributed by atoms with Gasteiger partial charge in [-0.25, -0.2) is 0 Å². The van der Waals surface area contributed by atoms with Crippen molar-refractivity contribution < 1.29 is 12.6 Å². The van der Waals surface area contributed by atoms with Gasteiger partial charge in [-0.2, -0.15) is 8.42 Å². The largest absolute Gasteiger partial charge is 0.297 e. The van der Waals surface area contributed by atoms with Crippen molar-refractivity contribution in [2.24, 2.45) is 0 Å². The molecular formula is C25H38NaO3S. The van der Waals surface area contributed by atoms with Gasteiger partial charge in [0.1, 0.15) is 4.90 Å². The summed E-state index contributed by atoms with van der Waals surface area (Å²) in [7, 11) is -3.70. The van der Waals surface area contributed by atoms with E-state index in [0.717, 1.165) is 30.0 Å². The molecule has 3 nitrogen and oxygen atoms in total. The zero-order chi connectivity index (χ0) is 20.8. The predicted molar refractivity (Wildman–Crippen MR) is 129 cm³/mol. The first kappa shape index (κ1) is 27.6. The molecule has 2 aromatic carbocycles. The van der Waals surface area contributed by atoms with Crippen LogP contribution in [0.25, 0.3) is 10.8 Å². The monoisotopic (exact) mass is 441 g/mol. The second-order valence-corrected chi connectivity index (χ2v) is 9.58. The Morgan fingerprint density at radius 3 is 1.77 bits per heavy atom. The van der Waals surface area contributed by atoms with Crippen LogP contribution in [0.1, 0.15) is 90.4 Å².